The molecule has 0 fully saturated rings. The first-order chi connectivity index (χ1) is 12.3. The second-order valence-electron chi connectivity index (χ2n) is 6.39. The van der Waals surface area contributed by atoms with Gasteiger partial charge in [0.05, 0.1) is 0 Å². The summed E-state index contributed by atoms with van der Waals surface area (Å²) in [7, 11) is 0. The van der Waals surface area contributed by atoms with Gasteiger partial charge in [-0.3, -0.25) is 0 Å². The molecule has 0 radical (unpaired) electrons. The van der Waals surface area contributed by atoms with Crippen molar-refractivity contribution in [1.82, 2.24) is 0 Å². The highest BCUT2D eigenvalue weighted by atomic mass is 14.1. The maximum absolute atomic E-state index is 2.20. The Hall–Kier alpha value is -3.12. The van der Waals surface area contributed by atoms with Crippen LogP contribution in [0.3, 0.4) is 0 Å². The molecule has 0 N–H and O–H groups in total. The van der Waals surface area contributed by atoms with Crippen LogP contribution in [0, 0.1) is 6.92 Å². The van der Waals surface area contributed by atoms with E-state index in [4.69, 9.17) is 0 Å². The highest BCUT2D eigenvalue weighted by Crippen LogP contribution is 2.27. The van der Waals surface area contributed by atoms with E-state index in [2.05, 4.69) is 104 Å². The Kier molecular flexibility index (Phi) is 5.34. The summed E-state index contributed by atoms with van der Waals surface area (Å²) < 4.78 is 0. The fraction of sp³-hybridized carbons (Fsp3) is 0.0769. The molecule has 4 rings (SSSR count). The molecule has 4 aromatic rings. The van der Waals surface area contributed by atoms with Crippen molar-refractivity contribution in [1.29, 1.82) is 0 Å². The van der Waals surface area contributed by atoms with Gasteiger partial charge in [-0.1, -0.05) is 116 Å². The fourth-order valence-corrected chi connectivity index (χ4v) is 3.09. The van der Waals surface area contributed by atoms with Gasteiger partial charge < -0.3 is 0 Å². The summed E-state index contributed by atoms with van der Waals surface area (Å²) >= 11 is 0. The van der Waals surface area contributed by atoms with Crippen molar-refractivity contribution in [2.75, 3.05) is 0 Å². The van der Waals surface area contributed by atoms with Crippen molar-refractivity contribution >= 4 is 0 Å². The fourth-order valence-electron chi connectivity index (χ4n) is 3.09. The van der Waals surface area contributed by atoms with Gasteiger partial charge in [-0.05, 0) is 40.3 Å². The molecule has 0 aliphatic carbocycles. The van der Waals surface area contributed by atoms with Gasteiger partial charge in [-0.15, -0.1) is 0 Å². The van der Waals surface area contributed by atoms with E-state index < -0.39 is 0 Å². The van der Waals surface area contributed by atoms with E-state index in [0.717, 1.165) is 0 Å². The van der Waals surface area contributed by atoms with Crippen LogP contribution in [-0.2, 0) is 0 Å². The standard InChI is InChI=1S/C25H20.CH4/c1-19-7-9-21(10-8-19)23-15-17-25(18-16-23)24-13-11-22(12-14-24)20-5-3-2-4-6-20;/h2-18H,1H3;1H4. The van der Waals surface area contributed by atoms with E-state index in [1.165, 1.54) is 38.9 Å². The first-order valence-electron chi connectivity index (χ1n) is 8.62. The molecule has 4 aromatic carbocycles. The predicted octanol–water partition coefficient (Wildman–Crippen LogP) is 7.63. The van der Waals surface area contributed by atoms with Crippen LogP contribution in [0.2, 0.25) is 0 Å². The molecule has 0 aliphatic rings. The second-order valence-corrected chi connectivity index (χ2v) is 6.39. The van der Waals surface area contributed by atoms with Crippen LogP contribution in [0.4, 0.5) is 0 Å². The van der Waals surface area contributed by atoms with Gasteiger partial charge in [0.2, 0.25) is 0 Å². The summed E-state index contributed by atoms with van der Waals surface area (Å²) in [5.41, 5.74) is 8.80. The van der Waals surface area contributed by atoms with Gasteiger partial charge in [0, 0.05) is 0 Å². The molecule has 0 saturated carbocycles. The minimum absolute atomic E-state index is 0. The van der Waals surface area contributed by atoms with Crippen LogP contribution in [0.1, 0.15) is 13.0 Å². The summed E-state index contributed by atoms with van der Waals surface area (Å²) in [6.45, 7) is 2.12. The van der Waals surface area contributed by atoms with Crippen molar-refractivity contribution < 1.29 is 0 Å². The minimum atomic E-state index is 0. The lowest BCUT2D eigenvalue weighted by molar-refractivity contribution is 1.47. The highest BCUT2D eigenvalue weighted by Gasteiger charge is 2.02. The lowest BCUT2D eigenvalue weighted by atomic mass is 9.98. The van der Waals surface area contributed by atoms with E-state index in [-0.39, 0.29) is 7.43 Å². The quantitative estimate of drug-likeness (QED) is 0.361. The summed E-state index contributed by atoms with van der Waals surface area (Å²) in [5.74, 6) is 0. The molecule has 0 aromatic heterocycles. The summed E-state index contributed by atoms with van der Waals surface area (Å²) in [6, 6.07) is 36.7. The minimum Gasteiger partial charge on any atom is -0.0776 e. The lowest BCUT2D eigenvalue weighted by Crippen LogP contribution is -1.82. The molecule has 26 heavy (non-hydrogen) atoms. The molecule has 0 heterocycles. The second kappa shape index (κ2) is 7.84. The normalized spacial score (nSPS) is 10.2. The molecule has 0 nitrogen and oxygen atoms in total. The maximum atomic E-state index is 2.20. The SMILES string of the molecule is C.Cc1ccc(-c2ccc(-c3ccc(-c4ccccc4)cc3)cc2)cc1. The van der Waals surface area contributed by atoms with Crippen LogP contribution in [0.25, 0.3) is 33.4 Å². The number of rotatable bonds is 3. The molecule has 0 bridgehead atoms. The van der Waals surface area contributed by atoms with E-state index in [9.17, 15) is 0 Å². The summed E-state index contributed by atoms with van der Waals surface area (Å²) in [5, 5.41) is 0. The van der Waals surface area contributed by atoms with Gasteiger partial charge in [-0.25, -0.2) is 0 Å². The van der Waals surface area contributed by atoms with Gasteiger partial charge in [0.25, 0.3) is 0 Å². The molecular weight excluding hydrogens is 312 g/mol. The maximum Gasteiger partial charge on any atom is -0.0184 e. The average molecular weight is 336 g/mol. The molecule has 0 unspecified atom stereocenters. The molecule has 0 heteroatoms. The Balaban J connectivity index is 0.00000196. The number of aryl methyl sites for hydroxylation is 1. The van der Waals surface area contributed by atoms with Crippen molar-refractivity contribution in [3.05, 3.63) is 109 Å². The Labute approximate surface area is 156 Å². The van der Waals surface area contributed by atoms with Gasteiger partial charge in [-0.2, -0.15) is 0 Å². The number of benzene rings is 4. The van der Waals surface area contributed by atoms with Crippen LogP contribution in [0.15, 0.2) is 103 Å². The van der Waals surface area contributed by atoms with Gasteiger partial charge in [0.15, 0.2) is 0 Å². The summed E-state index contributed by atoms with van der Waals surface area (Å²) in [4.78, 5) is 0. The zero-order valence-corrected chi connectivity index (χ0v) is 14.3. The van der Waals surface area contributed by atoms with Crippen molar-refractivity contribution in [2.24, 2.45) is 0 Å². The molecule has 0 aliphatic heterocycles. The molecule has 0 amide bonds. The number of hydrogen-bond donors (Lipinski definition) is 0. The molecule has 0 atom stereocenters. The lowest BCUT2D eigenvalue weighted by Gasteiger charge is -2.07. The van der Waals surface area contributed by atoms with Crippen LogP contribution >= 0.6 is 0 Å². The first-order valence-corrected chi connectivity index (χ1v) is 8.62. The van der Waals surface area contributed by atoms with Gasteiger partial charge >= 0.3 is 0 Å². The Morgan fingerprint density at radius 1 is 0.346 bits per heavy atom. The smallest absolute Gasteiger partial charge is 0.0184 e. The Morgan fingerprint density at radius 3 is 0.962 bits per heavy atom. The van der Waals surface area contributed by atoms with E-state index in [0.29, 0.717) is 0 Å². The third-order valence-corrected chi connectivity index (χ3v) is 4.60. The summed E-state index contributed by atoms with van der Waals surface area (Å²) in [6.07, 6.45) is 0. The van der Waals surface area contributed by atoms with E-state index in [1.807, 2.05) is 6.07 Å². The largest absolute Gasteiger partial charge is 0.0776 e. The molecule has 0 saturated heterocycles. The monoisotopic (exact) mass is 336 g/mol. The van der Waals surface area contributed by atoms with Crippen LogP contribution < -0.4 is 0 Å². The third kappa shape index (κ3) is 3.75. The topological polar surface area (TPSA) is 0 Å². The zero-order chi connectivity index (χ0) is 17.1. The Morgan fingerprint density at radius 2 is 0.615 bits per heavy atom. The third-order valence-electron chi connectivity index (χ3n) is 4.60. The van der Waals surface area contributed by atoms with E-state index >= 15 is 0 Å². The number of hydrogen-bond acceptors (Lipinski definition) is 0. The van der Waals surface area contributed by atoms with Crippen molar-refractivity contribution in [3.63, 3.8) is 0 Å². The average Bonchev–Trinajstić information content (AvgIpc) is 2.70. The first kappa shape index (κ1) is 17.7. The highest BCUT2D eigenvalue weighted by molar-refractivity contribution is 5.73. The zero-order valence-electron chi connectivity index (χ0n) is 14.3. The predicted molar refractivity (Wildman–Crippen MR) is 114 cm³/mol. The van der Waals surface area contributed by atoms with E-state index in [1.54, 1.807) is 0 Å². The van der Waals surface area contributed by atoms with Gasteiger partial charge in [0.1, 0.15) is 0 Å². The van der Waals surface area contributed by atoms with Crippen LogP contribution in [-0.4, -0.2) is 0 Å². The molecular formula is C26H24. The van der Waals surface area contributed by atoms with Crippen molar-refractivity contribution in [3.8, 4) is 33.4 Å². The molecule has 128 valence electrons. The Bertz CT molecular complexity index is 945. The van der Waals surface area contributed by atoms with Crippen molar-refractivity contribution in [2.45, 2.75) is 14.4 Å². The molecule has 0 spiro atoms. The van der Waals surface area contributed by atoms with Crippen LogP contribution in [0.5, 0.6) is 0 Å².